The molecule has 1 aliphatic heterocycles. The summed E-state index contributed by atoms with van der Waals surface area (Å²) in [6, 6.07) is 0. The standard InChI is InChI=1S/C9H12ClN3O2/c10-7-8(12-3-2-11-7)13-5-9(14)1-4-15-6-9/h2-3,14H,1,4-6H2,(H,12,13). The molecular weight excluding hydrogens is 218 g/mol. The Bertz CT molecular complexity index is 342. The van der Waals surface area contributed by atoms with Gasteiger partial charge in [-0.25, -0.2) is 9.97 Å². The summed E-state index contributed by atoms with van der Waals surface area (Å²) < 4.78 is 5.12. The maximum atomic E-state index is 9.96. The third kappa shape index (κ3) is 2.56. The Kier molecular flexibility index (Phi) is 3.04. The van der Waals surface area contributed by atoms with E-state index in [0.717, 1.165) is 0 Å². The molecule has 0 amide bonds. The molecule has 0 spiro atoms. The first kappa shape index (κ1) is 10.6. The van der Waals surface area contributed by atoms with E-state index >= 15 is 0 Å². The minimum Gasteiger partial charge on any atom is -0.386 e. The van der Waals surface area contributed by atoms with Gasteiger partial charge in [0.05, 0.1) is 6.61 Å². The topological polar surface area (TPSA) is 67.3 Å². The molecule has 0 aromatic carbocycles. The SMILES string of the molecule is OC1(CNc2nccnc2Cl)CCOC1. The van der Waals surface area contributed by atoms with E-state index in [4.69, 9.17) is 16.3 Å². The van der Waals surface area contributed by atoms with Crippen LogP contribution in [0.1, 0.15) is 6.42 Å². The Labute approximate surface area is 92.5 Å². The van der Waals surface area contributed by atoms with Gasteiger partial charge in [0.15, 0.2) is 11.0 Å². The van der Waals surface area contributed by atoms with E-state index in [1.165, 1.54) is 6.20 Å². The zero-order valence-corrected chi connectivity index (χ0v) is 8.87. The third-order valence-electron chi connectivity index (χ3n) is 2.32. The van der Waals surface area contributed by atoms with Gasteiger partial charge in [0.1, 0.15) is 5.60 Å². The molecule has 1 fully saturated rings. The molecule has 15 heavy (non-hydrogen) atoms. The van der Waals surface area contributed by atoms with Gasteiger partial charge >= 0.3 is 0 Å². The summed E-state index contributed by atoms with van der Waals surface area (Å²) in [5.74, 6) is 0.486. The van der Waals surface area contributed by atoms with E-state index in [2.05, 4.69) is 15.3 Å². The van der Waals surface area contributed by atoms with Crippen LogP contribution in [0.4, 0.5) is 5.82 Å². The van der Waals surface area contributed by atoms with E-state index in [1.807, 2.05) is 0 Å². The van der Waals surface area contributed by atoms with Crippen LogP contribution in [0.15, 0.2) is 12.4 Å². The quantitative estimate of drug-likeness (QED) is 0.799. The van der Waals surface area contributed by atoms with Crippen LogP contribution in [0, 0.1) is 0 Å². The largest absolute Gasteiger partial charge is 0.386 e. The van der Waals surface area contributed by atoms with E-state index in [0.29, 0.717) is 37.2 Å². The fourth-order valence-electron chi connectivity index (χ4n) is 1.42. The lowest BCUT2D eigenvalue weighted by Gasteiger charge is -2.20. The highest BCUT2D eigenvalue weighted by molar-refractivity contribution is 6.31. The van der Waals surface area contributed by atoms with Gasteiger partial charge in [-0.15, -0.1) is 0 Å². The lowest BCUT2D eigenvalue weighted by molar-refractivity contribution is 0.0381. The fourth-order valence-corrected chi connectivity index (χ4v) is 1.60. The van der Waals surface area contributed by atoms with Crippen molar-refractivity contribution in [3.05, 3.63) is 17.5 Å². The Morgan fingerprint density at radius 2 is 2.33 bits per heavy atom. The van der Waals surface area contributed by atoms with Crippen molar-refractivity contribution >= 4 is 17.4 Å². The zero-order valence-electron chi connectivity index (χ0n) is 8.11. The van der Waals surface area contributed by atoms with Gasteiger partial charge in [-0.05, 0) is 0 Å². The first-order valence-electron chi connectivity index (χ1n) is 4.70. The van der Waals surface area contributed by atoms with Gasteiger partial charge in [0, 0.05) is 32.0 Å². The van der Waals surface area contributed by atoms with Crippen LogP contribution in [-0.2, 0) is 4.74 Å². The number of hydrogen-bond acceptors (Lipinski definition) is 5. The second kappa shape index (κ2) is 4.30. The van der Waals surface area contributed by atoms with Crippen molar-refractivity contribution in [2.75, 3.05) is 25.1 Å². The second-order valence-electron chi connectivity index (χ2n) is 3.58. The molecule has 0 aliphatic carbocycles. The molecule has 2 N–H and O–H groups in total. The fraction of sp³-hybridized carbons (Fsp3) is 0.556. The maximum absolute atomic E-state index is 9.96. The molecule has 6 heteroatoms. The Morgan fingerprint density at radius 1 is 1.53 bits per heavy atom. The molecule has 1 aromatic heterocycles. The van der Waals surface area contributed by atoms with Crippen molar-refractivity contribution in [2.24, 2.45) is 0 Å². The summed E-state index contributed by atoms with van der Waals surface area (Å²) in [5.41, 5.74) is -0.819. The third-order valence-corrected chi connectivity index (χ3v) is 2.60. The number of halogens is 1. The molecule has 1 atom stereocenters. The van der Waals surface area contributed by atoms with E-state index < -0.39 is 5.60 Å². The average molecular weight is 230 g/mol. The molecule has 5 nitrogen and oxygen atoms in total. The monoisotopic (exact) mass is 229 g/mol. The molecule has 2 heterocycles. The normalized spacial score (nSPS) is 25.5. The van der Waals surface area contributed by atoms with Crippen LogP contribution in [0.25, 0.3) is 0 Å². The summed E-state index contributed by atoms with van der Waals surface area (Å²) in [5, 5.41) is 13.2. The smallest absolute Gasteiger partial charge is 0.171 e. The Hall–Kier alpha value is -0.910. The highest BCUT2D eigenvalue weighted by Gasteiger charge is 2.32. The van der Waals surface area contributed by atoms with Gasteiger partial charge in [-0.2, -0.15) is 0 Å². The Balaban J connectivity index is 1.95. The molecule has 82 valence electrons. The highest BCUT2D eigenvalue weighted by atomic mass is 35.5. The van der Waals surface area contributed by atoms with Crippen LogP contribution in [0.2, 0.25) is 5.15 Å². The number of anilines is 1. The van der Waals surface area contributed by atoms with E-state index in [9.17, 15) is 5.11 Å². The lowest BCUT2D eigenvalue weighted by Crippen LogP contribution is -2.37. The molecule has 1 saturated heterocycles. The van der Waals surface area contributed by atoms with Crippen molar-refractivity contribution in [3.8, 4) is 0 Å². The molecule has 1 unspecified atom stereocenters. The van der Waals surface area contributed by atoms with Crippen LogP contribution >= 0.6 is 11.6 Å². The van der Waals surface area contributed by atoms with Crippen molar-refractivity contribution < 1.29 is 9.84 Å². The minimum atomic E-state index is -0.819. The number of ether oxygens (including phenoxy) is 1. The van der Waals surface area contributed by atoms with Gasteiger partial charge in [-0.3, -0.25) is 0 Å². The summed E-state index contributed by atoms with van der Waals surface area (Å²) in [4.78, 5) is 7.89. The van der Waals surface area contributed by atoms with Crippen molar-refractivity contribution in [1.82, 2.24) is 9.97 Å². The number of nitrogens with zero attached hydrogens (tertiary/aromatic N) is 2. The van der Waals surface area contributed by atoms with Crippen LogP contribution in [0.3, 0.4) is 0 Å². The van der Waals surface area contributed by atoms with Crippen LogP contribution in [0.5, 0.6) is 0 Å². The molecular formula is C9H12ClN3O2. The van der Waals surface area contributed by atoms with Crippen LogP contribution < -0.4 is 5.32 Å². The second-order valence-corrected chi connectivity index (χ2v) is 3.93. The number of nitrogens with one attached hydrogen (secondary N) is 1. The molecule has 1 aliphatic rings. The maximum Gasteiger partial charge on any atom is 0.171 e. The molecule has 0 radical (unpaired) electrons. The van der Waals surface area contributed by atoms with Crippen molar-refractivity contribution in [2.45, 2.75) is 12.0 Å². The highest BCUT2D eigenvalue weighted by Crippen LogP contribution is 2.20. The van der Waals surface area contributed by atoms with Crippen LogP contribution in [-0.4, -0.2) is 40.4 Å². The molecule has 2 rings (SSSR count). The van der Waals surface area contributed by atoms with E-state index in [1.54, 1.807) is 6.20 Å². The molecule has 1 aromatic rings. The van der Waals surface area contributed by atoms with Gasteiger partial charge in [0.2, 0.25) is 0 Å². The Morgan fingerprint density at radius 3 is 3.00 bits per heavy atom. The van der Waals surface area contributed by atoms with Gasteiger partial charge < -0.3 is 15.2 Å². The number of aliphatic hydroxyl groups is 1. The van der Waals surface area contributed by atoms with Crippen molar-refractivity contribution in [1.29, 1.82) is 0 Å². The summed E-state index contributed by atoms with van der Waals surface area (Å²) in [6.45, 7) is 1.30. The van der Waals surface area contributed by atoms with Gasteiger partial charge in [0.25, 0.3) is 0 Å². The average Bonchev–Trinajstić information content (AvgIpc) is 2.65. The number of aromatic nitrogens is 2. The first-order chi connectivity index (χ1) is 7.20. The van der Waals surface area contributed by atoms with Gasteiger partial charge in [-0.1, -0.05) is 11.6 Å². The molecule has 0 bridgehead atoms. The first-order valence-corrected chi connectivity index (χ1v) is 5.08. The zero-order chi connectivity index (χ0) is 10.7. The summed E-state index contributed by atoms with van der Waals surface area (Å²) in [6.07, 6.45) is 3.68. The minimum absolute atomic E-state index is 0.306. The number of rotatable bonds is 3. The summed E-state index contributed by atoms with van der Waals surface area (Å²) in [7, 11) is 0. The predicted octanol–water partition coefficient (Wildman–Crippen LogP) is 0.693. The number of hydrogen-bond donors (Lipinski definition) is 2. The van der Waals surface area contributed by atoms with E-state index in [-0.39, 0.29) is 0 Å². The van der Waals surface area contributed by atoms with Crippen molar-refractivity contribution in [3.63, 3.8) is 0 Å². The molecule has 0 saturated carbocycles. The lowest BCUT2D eigenvalue weighted by atomic mass is 10.0. The summed E-state index contributed by atoms with van der Waals surface area (Å²) >= 11 is 5.81. The predicted molar refractivity (Wildman–Crippen MR) is 55.9 cm³/mol.